The maximum absolute atomic E-state index is 12.9. The SMILES string of the molecule is CCCCC/C=C/C/C=C/C/C=C/C/C=C/CCCCCC(=O)OC[C@@H](COC(=O)CCCCCCCCC/C=C/C/C=C/CCCCC)OC(=O)CCCCCC/C=C/C/C=C/C/C=C/CCCCC. The minimum atomic E-state index is -0.810. The molecule has 0 radical (unpaired) electrons. The summed E-state index contributed by atoms with van der Waals surface area (Å²) in [5, 5.41) is 0. The smallest absolute Gasteiger partial charge is 0.306 e. The van der Waals surface area contributed by atoms with Crippen molar-refractivity contribution in [2.45, 2.75) is 271 Å². The molecule has 0 aliphatic rings. The Balaban J connectivity index is 4.51. The first-order chi connectivity index (χ1) is 35.0. The van der Waals surface area contributed by atoms with E-state index in [0.717, 1.165) is 122 Å². The van der Waals surface area contributed by atoms with Gasteiger partial charge in [0.15, 0.2) is 6.10 Å². The predicted octanol–water partition coefficient (Wildman–Crippen LogP) is 19.9. The summed E-state index contributed by atoms with van der Waals surface area (Å²) in [5.74, 6) is -0.963. The summed E-state index contributed by atoms with van der Waals surface area (Å²) in [6, 6.07) is 0. The highest BCUT2D eigenvalue weighted by Crippen LogP contribution is 2.13. The van der Waals surface area contributed by atoms with Gasteiger partial charge in [0.1, 0.15) is 13.2 Å². The average molecular weight is 986 g/mol. The Kier molecular flexibility index (Phi) is 55.4. The molecule has 0 heterocycles. The highest BCUT2D eigenvalue weighted by Gasteiger charge is 2.19. The molecule has 0 aromatic rings. The molecule has 0 bridgehead atoms. The largest absolute Gasteiger partial charge is 0.462 e. The number of carbonyl (C=O) groups is 3. The van der Waals surface area contributed by atoms with E-state index in [-0.39, 0.29) is 31.1 Å². The van der Waals surface area contributed by atoms with E-state index in [4.69, 9.17) is 14.2 Å². The van der Waals surface area contributed by atoms with Crippen LogP contribution in [0.4, 0.5) is 0 Å². The molecule has 0 aliphatic carbocycles. The van der Waals surface area contributed by atoms with E-state index in [1.165, 1.54) is 103 Å². The van der Waals surface area contributed by atoms with Crippen LogP contribution in [-0.4, -0.2) is 37.2 Å². The van der Waals surface area contributed by atoms with Crippen LogP contribution in [0.3, 0.4) is 0 Å². The standard InChI is InChI=1S/C65H108O6/c1-4-7-10-13-16-19-22-25-28-31-32-35-37-40-43-46-49-52-55-58-64(67)70-61-62(71-65(68)59-56-53-50-47-44-41-38-34-30-27-24-21-18-15-12-9-6-3)60-69-63(66)57-54-51-48-45-42-39-36-33-29-26-23-20-17-14-11-8-5-2/h16-21,25-30,32,35,38,40-41,43,62H,4-15,22-24,31,33-34,36-37,39,42,44-61H2,1-3H3/b19-16+,20-17+,21-18+,28-25+,29-26+,30-27+,35-32+,41-38+,43-40+/t62-/m1/s1. The lowest BCUT2D eigenvalue weighted by Crippen LogP contribution is -2.30. The second kappa shape index (κ2) is 58.6. The number of allylic oxidation sites excluding steroid dienone is 18. The van der Waals surface area contributed by atoms with Gasteiger partial charge < -0.3 is 14.2 Å². The first kappa shape index (κ1) is 67.1. The second-order valence-corrected chi connectivity index (χ2v) is 19.2. The predicted molar refractivity (Wildman–Crippen MR) is 307 cm³/mol. The van der Waals surface area contributed by atoms with Crippen LogP contribution in [0.2, 0.25) is 0 Å². The van der Waals surface area contributed by atoms with Crippen LogP contribution in [0.25, 0.3) is 0 Å². The first-order valence-corrected chi connectivity index (χ1v) is 29.4. The van der Waals surface area contributed by atoms with E-state index < -0.39 is 6.10 Å². The quantitative estimate of drug-likeness (QED) is 0.0261. The molecule has 0 saturated carbocycles. The maximum atomic E-state index is 12.9. The third-order valence-electron chi connectivity index (χ3n) is 12.2. The fraction of sp³-hybridized carbons (Fsp3) is 0.677. The molecule has 6 heteroatoms. The van der Waals surface area contributed by atoms with Gasteiger partial charge in [0.05, 0.1) is 0 Å². The Labute approximate surface area is 438 Å². The number of esters is 3. The molecular formula is C65H108O6. The molecule has 0 spiro atoms. The molecule has 0 N–H and O–H groups in total. The Morgan fingerprint density at radius 2 is 0.507 bits per heavy atom. The van der Waals surface area contributed by atoms with Gasteiger partial charge in [0.25, 0.3) is 0 Å². The topological polar surface area (TPSA) is 78.9 Å². The summed E-state index contributed by atoms with van der Waals surface area (Å²) in [7, 11) is 0. The van der Waals surface area contributed by atoms with Crippen LogP contribution in [-0.2, 0) is 28.6 Å². The number of carbonyl (C=O) groups excluding carboxylic acids is 3. The van der Waals surface area contributed by atoms with Crippen molar-refractivity contribution in [3.05, 3.63) is 109 Å². The van der Waals surface area contributed by atoms with E-state index in [0.29, 0.717) is 19.3 Å². The molecule has 0 saturated heterocycles. The monoisotopic (exact) mass is 985 g/mol. The van der Waals surface area contributed by atoms with Crippen LogP contribution >= 0.6 is 0 Å². The third kappa shape index (κ3) is 56.9. The van der Waals surface area contributed by atoms with Crippen molar-refractivity contribution in [3.63, 3.8) is 0 Å². The Morgan fingerprint density at radius 1 is 0.282 bits per heavy atom. The molecule has 0 amide bonds. The molecule has 404 valence electrons. The fourth-order valence-electron chi connectivity index (χ4n) is 7.76. The van der Waals surface area contributed by atoms with Crippen molar-refractivity contribution in [1.82, 2.24) is 0 Å². The summed E-state index contributed by atoms with van der Waals surface area (Å²) in [6.45, 7) is 6.51. The zero-order valence-electron chi connectivity index (χ0n) is 46.2. The Morgan fingerprint density at radius 3 is 0.803 bits per heavy atom. The highest BCUT2D eigenvalue weighted by molar-refractivity contribution is 5.71. The lowest BCUT2D eigenvalue weighted by atomic mass is 10.1. The van der Waals surface area contributed by atoms with E-state index in [1.807, 2.05) is 0 Å². The minimum absolute atomic E-state index is 0.103. The van der Waals surface area contributed by atoms with E-state index in [2.05, 4.69) is 130 Å². The Hall–Kier alpha value is -3.93. The number of hydrogen-bond donors (Lipinski definition) is 0. The van der Waals surface area contributed by atoms with Crippen molar-refractivity contribution in [1.29, 1.82) is 0 Å². The minimum Gasteiger partial charge on any atom is -0.462 e. The van der Waals surface area contributed by atoms with Crippen LogP contribution in [0.1, 0.15) is 265 Å². The van der Waals surface area contributed by atoms with Crippen molar-refractivity contribution in [2.24, 2.45) is 0 Å². The molecule has 1 atom stereocenters. The normalized spacial score (nSPS) is 12.9. The molecular weight excluding hydrogens is 877 g/mol. The van der Waals surface area contributed by atoms with Gasteiger partial charge in [-0.25, -0.2) is 0 Å². The van der Waals surface area contributed by atoms with Gasteiger partial charge in [-0.05, 0) is 135 Å². The summed E-state index contributed by atoms with van der Waals surface area (Å²) < 4.78 is 16.8. The second-order valence-electron chi connectivity index (χ2n) is 19.2. The van der Waals surface area contributed by atoms with Crippen molar-refractivity contribution < 1.29 is 28.6 Å². The molecule has 0 unspecified atom stereocenters. The average Bonchev–Trinajstić information content (AvgIpc) is 3.37. The van der Waals surface area contributed by atoms with Gasteiger partial charge in [-0.2, -0.15) is 0 Å². The summed E-state index contributed by atoms with van der Waals surface area (Å²) >= 11 is 0. The Bertz CT molecular complexity index is 1460. The molecule has 6 nitrogen and oxygen atoms in total. The molecule has 0 aromatic heterocycles. The van der Waals surface area contributed by atoms with E-state index >= 15 is 0 Å². The number of hydrogen-bond acceptors (Lipinski definition) is 6. The molecule has 0 aliphatic heterocycles. The molecule has 0 rings (SSSR count). The maximum Gasteiger partial charge on any atom is 0.306 e. The summed E-state index contributed by atoms with van der Waals surface area (Å²) in [6.07, 6.45) is 79.2. The fourth-order valence-corrected chi connectivity index (χ4v) is 7.76. The summed E-state index contributed by atoms with van der Waals surface area (Å²) in [4.78, 5) is 38.2. The van der Waals surface area contributed by atoms with Gasteiger partial charge in [0, 0.05) is 19.3 Å². The van der Waals surface area contributed by atoms with Crippen LogP contribution < -0.4 is 0 Å². The molecule has 0 fully saturated rings. The van der Waals surface area contributed by atoms with Crippen LogP contribution in [0.15, 0.2) is 109 Å². The van der Waals surface area contributed by atoms with Crippen LogP contribution in [0.5, 0.6) is 0 Å². The van der Waals surface area contributed by atoms with Gasteiger partial charge in [0.2, 0.25) is 0 Å². The lowest BCUT2D eigenvalue weighted by molar-refractivity contribution is -0.167. The summed E-state index contributed by atoms with van der Waals surface area (Å²) in [5.41, 5.74) is 0. The van der Waals surface area contributed by atoms with E-state index in [9.17, 15) is 14.4 Å². The zero-order chi connectivity index (χ0) is 51.4. The zero-order valence-corrected chi connectivity index (χ0v) is 46.2. The molecule has 0 aromatic carbocycles. The van der Waals surface area contributed by atoms with Crippen LogP contribution in [0, 0.1) is 0 Å². The van der Waals surface area contributed by atoms with Crippen molar-refractivity contribution in [3.8, 4) is 0 Å². The van der Waals surface area contributed by atoms with Gasteiger partial charge in [-0.15, -0.1) is 0 Å². The number of unbranched alkanes of at least 4 members (excludes halogenated alkanes) is 23. The number of rotatable bonds is 52. The van der Waals surface area contributed by atoms with Crippen molar-refractivity contribution >= 4 is 17.9 Å². The highest BCUT2D eigenvalue weighted by atomic mass is 16.6. The van der Waals surface area contributed by atoms with Gasteiger partial charge >= 0.3 is 17.9 Å². The van der Waals surface area contributed by atoms with Gasteiger partial charge in [-0.1, -0.05) is 220 Å². The lowest BCUT2D eigenvalue weighted by Gasteiger charge is -2.18. The van der Waals surface area contributed by atoms with E-state index in [1.54, 1.807) is 0 Å². The first-order valence-electron chi connectivity index (χ1n) is 29.4. The van der Waals surface area contributed by atoms with Gasteiger partial charge in [-0.3, -0.25) is 14.4 Å². The third-order valence-corrected chi connectivity index (χ3v) is 12.2. The number of ether oxygens (including phenoxy) is 3. The molecule has 71 heavy (non-hydrogen) atoms. The van der Waals surface area contributed by atoms with Crippen molar-refractivity contribution in [2.75, 3.05) is 13.2 Å².